The molecule has 1 fully saturated rings. The molecule has 2 rings (SSSR count). The third kappa shape index (κ3) is 5.52. The SMILES string of the molecule is CN=C(NCCNC(=O)c1cccnc1)N(C)CC1CCOC1. The van der Waals surface area contributed by atoms with Gasteiger partial charge in [-0.3, -0.25) is 14.8 Å². The van der Waals surface area contributed by atoms with E-state index in [4.69, 9.17) is 4.74 Å². The molecule has 1 amide bonds. The van der Waals surface area contributed by atoms with Gasteiger partial charge in [-0.05, 0) is 18.6 Å². The van der Waals surface area contributed by atoms with Crippen LogP contribution in [0.25, 0.3) is 0 Å². The molecule has 0 aliphatic carbocycles. The summed E-state index contributed by atoms with van der Waals surface area (Å²) in [5.74, 6) is 1.27. The lowest BCUT2D eigenvalue weighted by atomic mass is 10.1. The van der Waals surface area contributed by atoms with Gasteiger partial charge in [-0.1, -0.05) is 0 Å². The minimum Gasteiger partial charge on any atom is -0.381 e. The molecule has 1 aliphatic heterocycles. The molecule has 1 atom stereocenters. The number of carbonyl (C=O) groups is 1. The van der Waals surface area contributed by atoms with E-state index < -0.39 is 0 Å². The first kappa shape index (κ1) is 17.2. The monoisotopic (exact) mass is 319 g/mol. The number of pyridine rings is 1. The van der Waals surface area contributed by atoms with Gasteiger partial charge in [0.1, 0.15) is 0 Å². The molecule has 2 heterocycles. The number of nitrogens with one attached hydrogen (secondary N) is 2. The Hall–Kier alpha value is -2.15. The van der Waals surface area contributed by atoms with Crippen molar-refractivity contribution < 1.29 is 9.53 Å². The van der Waals surface area contributed by atoms with Gasteiger partial charge in [0, 0.05) is 58.6 Å². The zero-order chi connectivity index (χ0) is 16.5. The number of aliphatic imine (C=N–C) groups is 1. The van der Waals surface area contributed by atoms with Crippen LogP contribution in [0.4, 0.5) is 0 Å². The average Bonchev–Trinajstić information content (AvgIpc) is 3.08. The third-order valence-corrected chi connectivity index (χ3v) is 3.75. The maximum absolute atomic E-state index is 11.9. The lowest BCUT2D eigenvalue weighted by Crippen LogP contribution is -2.44. The second-order valence-corrected chi connectivity index (χ2v) is 5.58. The molecule has 0 spiro atoms. The summed E-state index contributed by atoms with van der Waals surface area (Å²) in [7, 11) is 3.78. The molecule has 126 valence electrons. The normalized spacial score (nSPS) is 17.8. The van der Waals surface area contributed by atoms with Gasteiger partial charge in [0.15, 0.2) is 5.96 Å². The van der Waals surface area contributed by atoms with Crippen molar-refractivity contribution in [3.63, 3.8) is 0 Å². The van der Waals surface area contributed by atoms with Gasteiger partial charge in [-0.25, -0.2) is 0 Å². The van der Waals surface area contributed by atoms with Gasteiger partial charge in [-0.15, -0.1) is 0 Å². The molecule has 0 saturated carbocycles. The fraction of sp³-hybridized carbons (Fsp3) is 0.562. The van der Waals surface area contributed by atoms with Crippen LogP contribution >= 0.6 is 0 Å². The number of nitrogens with zero attached hydrogens (tertiary/aromatic N) is 3. The Balaban J connectivity index is 1.68. The summed E-state index contributed by atoms with van der Waals surface area (Å²) >= 11 is 0. The van der Waals surface area contributed by atoms with E-state index in [1.54, 1.807) is 31.6 Å². The van der Waals surface area contributed by atoms with Crippen LogP contribution in [0.15, 0.2) is 29.5 Å². The summed E-state index contributed by atoms with van der Waals surface area (Å²) in [6.07, 6.45) is 4.30. The fourth-order valence-corrected chi connectivity index (χ4v) is 2.54. The van der Waals surface area contributed by atoms with E-state index in [-0.39, 0.29) is 5.91 Å². The van der Waals surface area contributed by atoms with Crippen molar-refractivity contribution >= 4 is 11.9 Å². The molecule has 1 aliphatic rings. The molecule has 2 N–H and O–H groups in total. The highest BCUT2D eigenvalue weighted by Gasteiger charge is 2.18. The Morgan fingerprint density at radius 3 is 2.96 bits per heavy atom. The minimum atomic E-state index is -0.119. The number of carbonyl (C=O) groups excluding carboxylic acids is 1. The zero-order valence-corrected chi connectivity index (χ0v) is 13.8. The standard InChI is InChI=1S/C16H25N5O2/c1-17-16(21(2)11-13-5-9-23-12-13)20-8-7-19-15(22)14-4-3-6-18-10-14/h3-4,6,10,13H,5,7-9,11-12H2,1-2H3,(H,17,20)(H,19,22). The van der Waals surface area contributed by atoms with E-state index in [0.717, 1.165) is 32.1 Å². The highest BCUT2D eigenvalue weighted by molar-refractivity contribution is 5.93. The molecule has 0 radical (unpaired) electrons. The van der Waals surface area contributed by atoms with E-state index in [2.05, 4.69) is 25.5 Å². The van der Waals surface area contributed by atoms with E-state index in [9.17, 15) is 4.79 Å². The summed E-state index contributed by atoms with van der Waals surface area (Å²) in [5.41, 5.74) is 0.565. The van der Waals surface area contributed by atoms with Crippen LogP contribution in [-0.2, 0) is 4.74 Å². The highest BCUT2D eigenvalue weighted by atomic mass is 16.5. The number of guanidine groups is 1. The van der Waals surface area contributed by atoms with Gasteiger partial charge in [0.2, 0.25) is 0 Å². The number of rotatable bonds is 6. The van der Waals surface area contributed by atoms with Gasteiger partial charge in [-0.2, -0.15) is 0 Å². The molecule has 23 heavy (non-hydrogen) atoms. The topological polar surface area (TPSA) is 78.8 Å². The van der Waals surface area contributed by atoms with Crippen molar-refractivity contribution in [3.05, 3.63) is 30.1 Å². The van der Waals surface area contributed by atoms with Crippen molar-refractivity contribution in [1.29, 1.82) is 0 Å². The molecule has 7 heteroatoms. The quantitative estimate of drug-likeness (QED) is 0.449. The van der Waals surface area contributed by atoms with Crippen molar-refractivity contribution in [2.75, 3.05) is 46.9 Å². The summed E-state index contributed by atoms with van der Waals surface area (Å²) in [5, 5.41) is 6.11. The van der Waals surface area contributed by atoms with E-state index in [0.29, 0.717) is 24.6 Å². The Kier molecular flexibility index (Phi) is 6.80. The molecular weight excluding hydrogens is 294 g/mol. The number of amides is 1. The molecule has 1 aromatic heterocycles. The van der Waals surface area contributed by atoms with Gasteiger partial charge in [0.25, 0.3) is 5.91 Å². The zero-order valence-electron chi connectivity index (χ0n) is 13.8. The number of ether oxygens (including phenoxy) is 1. The Bertz CT molecular complexity index is 514. The van der Waals surface area contributed by atoms with Gasteiger partial charge >= 0.3 is 0 Å². The van der Waals surface area contributed by atoms with E-state index >= 15 is 0 Å². The molecule has 1 unspecified atom stereocenters. The van der Waals surface area contributed by atoms with Gasteiger partial charge < -0.3 is 20.3 Å². The summed E-state index contributed by atoms with van der Waals surface area (Å²) in [4.78, 5) is 22.2. The summed E-state index contributed by atoms with van der Waals surface area (Å²) in [6, 6.07) is 3.49. The number of hydrogen-bond donors (Lipinski definition) is 2. The van der Waals surface area contributed by atoms with Gasteiger partial charge in [0.05, 0.1) is 12.2 Å². The molecule has 7 nitrogen and oxygen atoms in total. The van der Waals surface area contributed by atoms with Crippen LogP contribution in [0.5, 0.6) is 0 Å². The fourth-order valence-electron chi connectivity index (χ4n) is 2.54. The second kappa shape index (κ2) is 9.09. The minimum absolute atomic E-state index is 0.119. The maximum atomic E-state index is 11.9. The predicted molar refractivity (Wildman–Crippen MR) is 89.5 cm³/mol. The molecule has 1 saturated heterocycles. The van der Waals surface area contributed by atoms with Crippen LogP contribution in [0.1, 0.15) is 16.8 Å². The highest BCUT2D eigenvalue weighted by Crippen LogP contribution is 2.13. The molecular formula is C16H25N5O2. The van der Waals surface area contributed by atoms with Crippen molar-refractivity contribution in [2.45, 2.75) is 6.42 Å². The second-order valence-electron chi connectivity index (χ2n) is 5.58. The summed E-state index contributed by atoms with van der Waals surface area (Å²) < 4.78 is 5.40. The first-order valence-electron chi connectivity index (χ1n) is 7.88. The van der Waals surface area contributed by atoms with E-state index in [1.807, 2.05) is 7.05 Å². The average molecular weight is 319 g/mol. The molecule has 1 aromatic rings. The van der Waals surface area contributed by atoms with Crippen molar-refractivity contribution in [2.24, 2.45) is 10.9 Å². The Morgan fingerprint density at radius 2 is 2.30 bits per heavy atom. The van der Waals surface area contributed by atoms with Crippen LogP contribution in [0.3, 0.4) is 0 Å². The number of aromatic nitrogens is 1. The third-order valence-electron chi connectivity index (χ3n) is 3.75. The van der Waals surface area contributed by atoms with Crippen LogP contribution in [-0.4, -0.2) is 68.7 Å². The predicted octanol–water partition coefficient (Wildman–Crippen LogP) is 0.355. The van der Waals surface area contributed by atoms with Crippen LogP contribution in [0, 0.1) is 5.92 Å². The van der Waals surface area contributed by atoms with E-state index in [1.165, 1.54) is 0 Å². The molecule has 0 aromatic carbocycles. The maximum Gasteiger partial charge on any atom is 0.252 e. The number of hydrogen-bond acceptors (Lipinski definition) is 4. The lowest BCUT2D eigenvalue weighted by molar-refractivity contribution is 0.0954. The van der Waals surface area contributed by atoms with Crippen LogP contribution in [0.2, 0.25) is 0 Å². The van der Waals surface area contributed by atoms with Crippen LogP contribution < -0.4 is 10.6 Å². The smallest absolute Gasteiger partial charge is 0.252 e. The Morgan fingerprint density at radius 1 is 1.48 bits per heavy atom. The first-order valence-corrected chi connectivity index (χ1v) is 7.88. The Labute approximate surface area is 137 Å². The van der Waals surface area contributed by atoms with Crippen molar-refractivity contribution in [3.8, 4) is 0 Å². The van der Waals surface area contributed by atoms with Crippen molar-refractivity contribution in [1.82, 2.24) is 20.5 Å². The largest absolute Gasteiger partial charge is 0.381 e. The summed E-state index contributed by atoms with van der Waals surface area (Å²) in [6.45, 7) is 3.73. The lowest BCUT2D eigenvalue weighted by Gasteiger charge is -2.24. The molecule has 0 bridgehead atoms. The first-order chi connectivity index (χ1) is 11.2.